The molecule has 1 amide bonds. The minimum atomic E-state index is -0.587. The van der Waals surface area contributed by atoms with Crippen LogP contribution in [0.25, 0.3) is 0 Å². The highest BCUT2D eigenvalue weighted by atomic mass is 32.2. The van der Waals surface area contributed by atoms with Crippen LogP contribution >= 0.6 is 23.5 Å². The molecule has 2 aliphatic rings. The van der Waals surface area contributed by atoms with E-state index < -0.39 is 11.5 Å². The Morgan fingerprint density at radius 3 is 2.79 bits per heavy atom. The fourth-order valence-corrected chi connectivity index (χ4v) is 6.90. The van der Waals surface area contributed by atoms with Gasteiger partial charge in [-0.1, -0.05) is 32.0 Å². The molecule has 0 bridgehead atoms. The SMILES string of the molecule is CC(C)(C[C@H]1C[C@H]2SCC[C@H]2CN1C[C@H](O)[C@H](N)CSc1ccccc1)C(N)=O. The van der Waals surface area contributed by atoms with Crippen molar-refractivity contribution in [1.29, 1.82) is 0 Å². The standard InChI is InChI=1S/C22H35N3O2S2/c1-22(2,21(24)27)11-16-10-20-15(8-9-28-20)12-25(16)13-19(26)18(23)14-29-17-6-4-3-5-7-17/h3-7,15-16,18-20,26H,8-14,23H2,1-2H3,(H2,24,27)/t15-,16+,18+,19-,20+/m0/s1. The number of carbonyl (C=O) groups is 1. The fraction of sp³-hybridized carbons (Fsp3) is 0.682. The molecule has 2 fully saturated rings. The van der Waals surface area contributed by atoms with Crippen molar-refractivity contribution in [2.75, 3.05) is 24.6 Å². The van der Waals surface area contributed by atoms with Gasteiger partial charge in [0.1, 0.15) is 0 Å². The average molecular weight is 438 g/mol. The van der Waals surface area contributed by atoms with Crippen molar-refractivity contribution in [2.24, 2.45) is 22.8 Å². The number of carbonyl (C=O) groups excluding carboxylic acids is 1. The molecule has 5 N–H and O–H groups in total. The molecule has 0 unspecified atom stereocenters. The Morgan fingerprint density at radius 2 is 2.10 bits per heavy atom. The molecule has 0 aliphatic carbocycles. The van der Waals surface area contributed by atoms with Gasteiger partial charge in [0.15, 0.2) is 0 Å². The fourth-order valence-electron chi connectivity index (χ4n) is 4.35. The van der Waals surface area contributed by atoms with E-state index in [0.29, 0.717) is 23.5 Å². The zero-order valence-electron chi connectivity index (χ0n) is 17.5. The van der Waals surface area contributed by atoms with Crippen LogP contribution in [0, 0.1) is 11.3 Å². The summed E-state index contributed by atoms with van der Waals surface area (Å²) in [5, 5.41) is 11.5. The lowest BCUT2D eigenvalue weighted by atomic mass is 9.79. The number of amides is 1. The van der Waals surface area contributed by atoms with E-state index in [1.807, 2.05) is 32.0 Å². The Hall–Kier alpha value is -0.730. The first-order valence-electron chi connectivity index (χ1n) is 10.5. The summed E-state index contributed by atoms with van der Waals surface area (Å²) in [5.41, 5.74) is 11.4. The van der Waals surface area contributed by atoms with E-state index in [9.17, 15) is 9.90 Å². The monoisotopic (exact) mass is 437 g/mol. The number of aliphatic hydroxyl groups is 1. The molecule has 1 aromatic carbocycles. The van der Waals surface area contributed by atoms with Gasteiger partial charge in [0.05, 0.1) is 6.10 Å². The molecule has 0 saturated carbocycles. The van der Waals surface area contributed by atoms with Gasteiger partial charge in [-0.2, -0.15) is 11.8 Å². The van der Waals surface area contributed by atoms with Gasteiger partial charge in [-0.25, -0.2) is 0 Å². The van der Waals surface area contributed by atoms with Crippen LogP contribution < -0.4 is 11.5 Å². The molecule has 7 heteroatoms. The number of nitrogens with zero attached hydrogens (tertiary/aromatic N) is 1. The van der Waals surface area contributed by atoms with Crippen LogP contribution in [0.15, 0.2) is 35.2 Å². The van der Waals surface area contributed by atoms with Crippen molar-refractivity contribution in [3.63, 3.8) is 0 Å². The molecule has 29 heavy (non-hydrogen) atoms. The second kappa shape index (κ2) is 10.1. The largest absolute Gasteiger partial charge is 0.390 e. The van der Waals surface area contributed by atoms with Gasteiger partial charge in [-0.05, 0) is 43.1 Å². The molecule has 5 atom stereocenters. The van der Waals surface area contributed by atoms with Crippen molar-refractivity contribution in [3.8, 4) is 0 Å². The molecule has 0 spiro atoms. The number of hydrogen-bond donors (Lipinski definition) is 3. The molecule has 162 valence electrons. The number of piperidine rings is 1. The van der Waals surface area contributed by atoms with Gasteiger partial charge in [0.2, 0.25) is 5.91 Å². The highest BCUT2D eigenvalue weighted by molar-refractivity contribution is 8.00. The van der Waals surface area contributed by atoms with Gasteiger partial charge >= 0.3 is 0 Å². The third kappa shape index (κ3) is 6.14. The summed E-state index contributed by atoms with van der Waals surface area (Å²) in [4.78, 5) is 15.5. The highest BCUT2D eigenvalue weighted by Crippen LogP contribution is 2.42. The summed E-state index contributed by atoms with van der Waals surface area (Å²) in [5.74, 6) is 2.31. The van der Waals surface area contributed by atoms with Crippen LogP contribution in [0.1, 0.15) is 33.1 Å². The Bertz CT molecular complexity index is 673. The zero-order valence-corrected chi connectivity index (χ0v) is 19.1. The minimum Gasteiger partial charge on any atom is -0.390 e. The number of fused-ring (bicyclic) bond motifs is 1. The van der Waals surface area contributed by atoms with Gasteiger partial charge in [-0.3, -0.25) is 9.69 Å². The lowest BCUT2D eigenvalue weighted by molar-refractivity contribution is -0.127. The van der Waals surface area contributed by atoms with E-state index >= 15 is 0 Å². The number of likely N-dealkylation sites (tertiary alicyclic amines) is 1. The van der Waals surface area contributed by atoms with E-state index in [1.165, 1.54) is 17.1 Å². The lowest BCUT2D eigenvalue weighted by Gasteiger charge is -2.45. The maximum Gasteiger partial charge on any atom is 0.223 e. The summed E-state index contributed by atoms with van der Waals surface area (Å²) in [6.07, 6.45) is 2.44. The van der Waals surface area contributed by atoms with E-state index in [-0.39, 0.29) is 18.0 Å². The van der Waals surface area contributed by atoms with Crippen LogP contribution in [0.4, 0.5) is 0 Å². The Morgan fingerprint density at radius 1 is 1.38 bits per heavy atom. The number of hydrogen-bond acceptors (Lipinski definition) is 6. The lowest BCUT2D eigenvalue weighted by Crippen LogP contribution is -2.54. The quantitative estimate of drug-likeness (QED) is 0.514. The molecule has 2 heterocycles. The Balaban J connectivity index is 1.60. The van der Waals surface area contributed by atoms with Crippen molar-refractivity contribution in [3.05, 3.63) is 30.3 Å². The van der Waals surface area contributed by atoms with Crippen molar-refractivity contribution >= 4 is 29.4 Å². The molecule has 1 aromatic rings. The van der Waals surface area contributed by atoms with E-state index in [0.717, 1.165) is 19.4 Å². The maximum absolute atomic E-state index is 11.9. The number of primary amides is 1. The summed E-state index contributed by atoms with van der Waals surface area (Å²) in [6, 6.07) is 10.1. The molecular weight excluding hydrogens is 402 g/mol. The maximum atomic E-state index is 11.9. The van der Waals surface area contributed by atoms with E-state index in [2.05, 4.69) is 28.8 Å². The number of thioether (sulfide) groups is 2. The minimum absolute atomic E-state index is 0.254. The highest BCUT2D eigenvalue weighted by Gasteiger charge is 2.42. The first-order valence-corrected chi connectivity index (χ1v) is 12.6. The van der Waals surface area contributed by atoms with Crippen LogP contribution in [-0.2, 0) is 4.79 Å². The third-order valence-electron chi connectivity index (χ3n) is 6.35. The van der Waals surface area contributed by atoms with Crippen LogP contribution in [0.2, 0.25) is 0 Å². The first-order chi connectivity index (χ1) is 13.8. The number of rotatable bonds is 9. The second-order valence-electron chi connectivity index (χ2n) is 9.11. The number of aliphatic hydroxyl groups excluding tert-OH is 1. The second-order valence-corrected chi connectivity index (χ2v) is 11.5. The number of β-amino-alcohol motifs (C(OH)–C–C–N with tert-alkyl or cyclic N) is 1. The zero-order chi connectivity index (χ0) is 21.0. The predicted molar refractivity (Wildman–Crippen MR) is 123 cm³/mol. The molecule has 2 saturated heterocycles. The van der Waals surface area contributed by atoms with Gasteiger partial charge in [0, 0.05) is 46.5 Å². The van der Waals surface area contributed by atoms with Crippen molar-refractivity contribution < 1.29 is 9.90 Å². The number of nitrogens with two attached hydrogens (primary N) is 2. The van der Waals surface area contributed by atoms with Gasteiger partial charge < -0.3 is 16.6 Å². The molecule has 3 rings (SSSR count). The van der Waals surface area contributed by atoms with E-state index in [1.54, 1.807) is 11.8 Å². The summed E-state index contributed by atoms with van der Waals surface area (Å²) < 4.78 is 0. The van der Waals surface area contributed by atoms with Crippen LogP contribution in [0.5, 0.6) is 0 Å². The van der Waals surface area contributed by atoms with Crippen LogP contribution in [-0.4, -0.2) is 63.9 Å². The average Bonchev–Trinajstić information content (AvgIpc) is 3.13. The summed E-state index contributed by atoms with van der Waals surface area (Å²) in [6.45, 7) is 5.40. The predicted octanol–water partition coefficient (Wildman–Crippen LogP) is 2.56. The summed E-state index contributed by atoms with van der Waals surface area (Å²) >= 11 is 3.75. The molecular formula is C22H35N3O2S2. The first kappa shape index (κ1) is 22.9. The Kier molecular flexibility index (Phi) is 7.95. The van der Waals surface area contributed by atoms with Gasteiger partial charge in [0.25, 0.3) is 0 Å². The van der Waals surface area contributed by atoms with Crippen LogP contribution in [0.3, 0.4) is 0 Å². The van der Waals surface area contributed by atoms with Gasteiger partial charge in [-0.15, -0.1) is 11.8 Å². The molecule has 0 aromatic heterocycles. The van der Waals surface area contributed by atoms with Crippen molar-refractivity contribution in [1.82, 2.24) is 4.90 Å². The normalized spacial score (nSPS) is 27.4. The topological polar surface area (TPSA) is 92.6 Å². The summed E-state index contributed by atoms with van der Waals surface area (Å²) in [7, 11) is 0. The van der Waals surface area contributed by atoms with Crippen molar-refractivity contribution in [2.45, 2.75) is 61.4 Å². The number of benzene rings is 1. The smallest absolute Gasteiger partial charge is 0.223 e. The molecule has 0 radical (unpaired) electrons. The third-order valence-corrected chi connectivity index (χ3v) is 8.98. The molecule has 5 nitrogen and oxygen atoms in total. The van der Waals surface area contributed by atoms with E-state index in [4.69, 9.17) is 11.5 Å². The molecule has 2 aliphatic heterocycles. The Labute approximate surface area is 183 Å².